The van der Waals surface area contributed by atoms with Gasteiger partial charge in [0.05, 0.1) is 0 Å². The zero-order valence-electron chi connectivity index (χ0n) is 13.3. The molecule has 0 heterocycles. The van der Waals surface area contributed by atoms with Crippen molar-refractivity contribution in [2.75, 3.05) is 19.6 Å². The first-order chi connectivity index (χ1) is 9.76. The van der Waals surface area contributed by atoms with Crippen LogP contribution in [-0.2, 0) is 9.59 Å². The second-order valence-electron chi connectivity index (χ2n) is 5.53. The van der Waals surface area contributed by atoms with Crippen LogP contribution < -0.4 is 10.6 Å². The SMILES string of the molecule is CCC(C)NC(=O)CCNC(=O)N(CC(=O)O)CC(C)C. The van der Waals surface area contributed by atoms with Gasteiger partial charge in [0.1, 0.15) is 6.54 Å². The van der Waals surface area contributed by atoms with E-state index in [1.165, 1.54) is 4.90 Å². The van der Waals surface area contributed by atoms with Crippen molar-refractivity contribution in [1.82, 2.24) is 15.5 Å². The zero-order valence-corrected chi connectivity index (χ0v) is 13.3. The van der Waals surface area contributed by atoms with Crippen LogP contribution in [0, 0.1) is 5.92 Å². The predicted octanol–water partition coefficient (Wildman–Crippen LogP) is 1.04. The van der Waals surface area contributed by atoms with Gasteiger partial charge in [0.25, 0.3) is 0 Å². The number of nitrogens with zero attached hydrogens (tertiary/aromatic N) is 1. The fourth-order valence-corrected chi connectivity index (χ4v) is 1.67. The monoisotopic (exact) mass is 301 g/mol. The Balaban J connectivity index is 4.18. The molecule has 0 saturated carbocycles. The number of amides is 3. The van der Waals surface area contributed by atoms with E-state index in [0.717, 1.165) is 6.42 Å². The summed E-state index contributed by atoms with van der Waals surface area (Å²) in [5.41, 5.74) is 0. The maximum absolute atomic E-state index is 11.9. The van der Waals surface area contributed by atoms with Gasteiger partial charge < -0.3 is 20.6 Å². The van der Waals surface area contributed by atoms with Gasteiger partial charge in [-0.2, -0.15) is 0 Å². The van der Waals surface area contributed by atoms with E-state index >= 15 is 0 Å². The summed E-state index contributed by atoms with van der Waals surface area (Å²) >= 11 is 0. The quantitative estimate of drug-likeness (QED) is 0.592. The van der Waals surface area contributed by atoms with E-state index < -0.39 is 12.0 Å². The molecule has 0 spiro atoms. The highest BCUT2D eigenvalue weighted by atomic mass is 16.4. The number of nitrogens with one attached hydrogen (secondary N) is 2. The molecule has 3 N–H and O–H groups in total. The van der Waals surface area contributed by atoms with Crippen LogP contribution in [0.3, 0.4) is 0 Å². The Morgan fingerprint density at radius 1 is 1.19 bits per heavy atom. The summed E-state index contributed by atoms with van der Waals surface area (Å²) in [7, 11) is 0. The normalized spacial score (nSPS) is 11.9. The largest absolute Gasteiger partial charge is 0.480 e. The molecule has 0 fully saturated rings. The third kappa shape index (κ3) is 9.70. The average Bonchev–Trinajstić information content (AvgIpc) is 2.36. The van der Waals surface area contributed by atoms with E-state index in [0.29, 0.717) is 6.54 Å². The van der Waals surface area contributed by atoms with Gasteiger partial charge in [0, 0.05) is 25.6 Å². The van der Waals surface area contributed by atoms with Gasteiger partial charge >= 0.3 is 12.0 Å². The van der Waals surface area contributed by atoms with Crippen molar-refractivity contribution in [2.45, 2.75) is 46.6 Å². The first kappa shape index (κ1) is 19.2. The van der Waals surface area contributed by atoms with Crippen molar-refractivity contribution in [3.63, 3.8) is 0 Å². The Kier molecular flexibility index (Phi) is 9.16. The minimum atomic E-state index is -1.06. The summed E-state index contributed by atoms with van der Waals surface area (Å²) in [5.74, 6) is -1.01. The molecule has 3 amide bonds. The number of carbonyl (C=O) groups excluding carboxylic acids is 2. The Morgan fingerprint density at radius 3 is 2.29 bits per heavy atom. The molecule has 0 rings (SSSR count). The Bertz CT molecular complexity index is 358. The molecule has 1 unspecified atom stereocenters. The van der Waals surface area contributed by atoms with Gasteiger partial charge in [-0.3, -0.25) is 9.59 Å². The molecule has 0 aliphatic rings. The molecule has 0 aromatic heterocycles. The lowest BCUT2D eigenvalue weighted by atomic mass is 10.2. The van der Waals surface area contributed by atoms with Crippen molar-refractivity contribution >= 4 is 17.9 Å². The maximum atomic E-state index is 11.9. The summed E-state index contributed by atoms with van der Waals surface area (Å²) < 4.78 is 0. The molecule has 0 aliphatic heterocycles. The topological polar surface area (TPSA) is 98.7 Å². The minimum Gasteiger partial charge on any atom is -0.480 e. The van der Waals surface area contributed by atoms with Gasteiger partial charge in [-0.25, -0.2) is 4.79 Å². The summed E-state index contributed by atoms with van der Waals surface area (Å²) in [6, 6.07) is -0.347. The summed E-state index contributed by atoms with van der Waals surface area (Å²) in [4.78, 5) is 35.4. The van der Waals surface area contributed by atoms with Crippen molar-refractivity contribution in [3.05, 3.63) is 0 Å². The molecule has 1 atom stereocenters. The van der Waals surface area contributed by atoms with E-state index in [-0.39, 0.29) is 37.4 Å². The third-order valence-corrected chi connectivity index (χ3v) is 2.85. The molecule has 0 radical (unpaired) electrons. The number of urea groups is 1. The van der Waals surface area contributed by atoms with Crippen LogP contribution in [0.2, 0.25) is 0 Å². The lowest BCUT2D eigenvalue weighted by molar-refractivity contribution is -0.137. The molecule has 0 aromatic rings. The molecule has 7 nitrogen and oxygen atoms in total. The molecule has 0 aliphatic carbocycles. The summed E-state index contributed by atoms with van der Waals surface area (Å²) in [5, 5.41) is 14.2. The Morgan fingerprint density at radius 2 is 1.81 bits per heavy atom. The molecule has 0 aromatic carbocycles. The number of carbonyl (C=O) groups is 3. The Labute approximate surface area is 126 Å². The van der Waals surface area contributed by atoms with Gasteiger partial charge in [-0.05, 0) is 19.3 Å². The van der Waals surface area contributed by atoms with Crippen LogP contribution in [0.5, 0.6) is 0 Å². The van der Waals surface area contributed by atoms with E-state index in [2.05, 4.69) is 10.6 Å². The van der Waals surface area contributed by atoms with E-state index in [4.69, 9.17) is 5.11 Å². The van der Waals surface area contributed by atoms with Crippen LogP contribution in [0.4, 0.5) is 4.79 Å². The molecular weight excluding hydrogens is 274 g/mol. The lowest BCUT2D eigenvalue weighted by Gasteiger charge is -2.23. The standard InChI is InChI=1S/C14H27N3O4/c1-5-11(4)16-12(18)6-7-15-14(21)17(8-10(2)3)9-13(19)20/h10-11H,5-9H2,1-4H3,(H,15,21)(H,16,18)(H,19,20). The van der Waals surface area contributed by atoms with Crippen LogP contribution in [-0.4, -0.2) is 53.6 Å². The number of rotatable bonds is 9. The van der Waals surface area contributed by atoms with E-state index in [1.54, 1.807) is 0 Å². The highest BCUT2D eigenvalue weighted by molar-refractivity contribution is 5.81. The van der Waals surface area contributed by atoms with Gasteiger partial charge in [0.2, 0.25) is 5.91 Å². The second-order valence-corrected chi connectivity index (χ2v) is 5.53. The number of carboxylic acid groups (broad SMARTS) is 1. The average molecular weight is 301 g/mol. The number of hydrogen-bond acceptors (Lipinski definition) is 3. The van der Waals surface area contributed by atoms with Crippen LogP contribution in [0.15, 0.2) is 0 Å². The first-order valence-corrected chi connectivity index (χ1v) is 7.30. The molecule has 122 valence electrons. The summed E-state index contributed by atoms with van der Waals surface area (Å²) in [6.45, 7) is 7.90. The highest BCUT2D eigenvalue weighted by Gasteiger charge is 2.17. The molecule has 7 heteroatoms. The van der Waals surface area contributed by atoms with Crippen molar-refractivity contribution in [2.24, 2.45) is 5.92 Å². The van der Waals surface area contributed by atoms with Gasteiger partial charge in [-0.1, -0.05) is 20.8 Å². The van der Waals surface area contributed by atoms with Crippen molar-refractivity contribution in [3.8, 4) is 0 Å². The third-order valence-electron chi connectivity index (χ3n) is 2.85. The number of carboxylic acids is 1. The molecule has 0 bridgehead atoms. The maximum Gasteiger partial charge on any atom is 0.323 e. The minimum absolute atomic E-state index is 0.109. The zero-order chi connectivity index (χ0) is 16.4. The lowest BCUT2D eigenvalue weighted by Crippen LogP contribution is -2.45. The van der Waals surface area contributed by atoms with E-state index in [1.807, 2.05) is 27.7 Å². The molecule has 0 saturated heterocycles. The molecular formula is C14H27N3O4. The Hall–Kier alpha value is -1.79. The van der Waals surface area contributed by atoms with Crippen LogP contribution >= 0.6 is 0 Å². The van der Waals surface area contributed by atoms with Crippen molar-refractivity contribution < 1.29 is 19.5 Å². The van der Waals surface area contributed by atoms with Crippen LogP contribution in [0.25, 0.3) is 0 Å². The van der Waals surface area contributed by atoms with E-state index in [9.17, 15) is 14.4 Å². The fraction of sp³-hybridized carbons (Fsp3) is 0.786. The highest BCUT2D eigenvalue weighted by Crippen LogP contribution is 1.99. The molecule has 21 heavy (non-hydrogen) atoms. The fourth-order valence-electron chi connectivity index (χ4n) is 1.67. The summed E-state index contributed by atoms with van der Waals surface area (Å²) in [6.07, 6.45) is 1.03. The number of hydrogen-bond donors (Lipinski definition) is 3. The predicted molar refractivity (Wildman–Crippen MR) is 80.0 cm³/mol. The second kappa shape index (κ2) is 10.0. The van der Waals surface area contributed by atoms with Crippen molar-refractivity contribution in [1.29, 1.82) is 0 Å². The smallest absolute Gasteiger partial charge is 0.323 e. The van der Waals surface area contributed by atoms with Gasteiger partial charge in [-0.15, -0.1) is 0 Å². The first-order valence-electron chi connectivity index (χ1n) is 7.30. The van der Waals surface area contributed by atoms with Crippen LogP contribution in [0.1, 0.15) is 40.5 Å². The number of aliphatic carboxylic acids is 1. The van der Waals surface area contributed by atoms with Gasteiger partial charge in [0.15, 0.2) is 0 Å².